The fourth-order valence-corrected chi connectivity index (χ4v) is 2.10. The largest absolute Gasteiger partial charge is 0.479 e. The van der Waals surface area contributed by atoms with E-state index in [-0.39, 0.29) is 11.5 Å². The van der Waals surface area contributed by atoms with Gasteiger partial charge in [0.15, 0.2) is 17.6 Å². The number of halogens is 1. The Kier molecular flexibility index (Phi) is 3.56. The normalized spacial score (nSPS) is 19.0. The number of rotatable bonds is 4. The molecule has 1 aliphatic rings. The van der Waals surface area contributed by atoms with E-state index in [9.17, 15) is 9.59 Å². The first-order chi connectivity index (χ1) is 8.54. The second-order valence-corrected chi connectivity index (χ2v) is 4.62. The second kappa shape index (κ2) is 4.97. The molecule has 96 valence electrons. The molecule has 2 unspecified atom stereocenters. The number of carboxylic acid groups (broad SMARTS) is 1. The summed E-state index contributed by atoms with van der Waals surface area (Å²) in [5.41, 5.74) is 0.398. The lowest BCUT2D eigenvalue weighted by atomic mass is 10.1. The molecule has 2 rings (SSSR count). The molecule has 18 heavy (non-hydrogen) atoms. The Hall–Kier alpha value is -1.56. The number of carbonyl (C=O) groups excluding carboxylic acids is 1. The van der Waals surface area contributed by atoms with E-state index in [0.29, 0.717) is 17.7 Å². The summed E-state index contributed by atoms with van der Waals surface area (Å²) in [7, 11) is 0. The van der Waals surface area contributed by atoms with Gasteiger partial charge in [-0.15, -0.1) is 0 Å². The van der Waals surface area contributed by atoms with Gasteiger partial charge in [0, 0.05) is 0 Å². The number of fused-ring (bicyclic) bond motifs is 1. The summed E-state index contributed by atoms with van der Waals surface area (Å²) in [4.78, 5) is 22.6. The van der Waals surface area contributed by atoms with Crippen LogP contribution in [0.2, 0.25) is 0 Å². The van der Waals surface area contributed by atoms with Crippen LogP contribution in [0.1, 0.15) is 23.7 Å². The lowest BCUT2D eigenvalue weighted by molar-refractivity contribution is -0.145. The van der Waals surface area contributed by atoms with Crippen molar-refractivity contribution in [2.24, 2.45) is 0 Å². The van der Waals surface area contributed by atoms with Crippen molar-refractivity contribution in [3.8, 4) is 11.5 Å². The summed E-state index contributed by atoms with van der Waals surface area (Å²) in [6.45, 7) is 1.71. The van der Waals surface area contributed by atoms with Crippen molar-refractivity contribution in [2.75, 3.05) is 0 Å². The zero-order chi connectivity index (χ0) is 13.3. The number of aliphatic carboxylic acids is 1. The van der Waals surface area contributed by atoms with E-state index in [1.165, 1.54) is 0 Å². The molecule has 1 aliphatic heterocycles. The van der Waals surface area contributed by atoms with Crippen molar-refractivity contribution in [3.05, 3.63) is 23.8 Å². The first-order valence-electron chi connectivity index (χ1n) is 5.42. The molecule has 0 fully saturated rings. The second-order valence-electron chi connectivity index (χ2n) is 3.78. The van der Waals surface area contributed by atoms with Gasteiger partial charge in [-0.25, -0.2) is 4.79 Å². The molecule has 0 amide bonds. The van der Waals surface area contributed by atoms with Crippen LogP contribution in [0.15, 0.2) is 18.2 Å². The number of ether oxygens (including phenoxy) is 2. The van der Waals surface area contributed by atoms with Crippen LogP contribution < -0.4 is 9.47 Å². The number of hydrogen-bond donors (Lipinski definition) is 1. The topological polar surface area (TPSA) is 72.8 Å². The van der Waals surface area contributed by atoms with Gasteiger partial charge in [0.1, 0.15) is 0 Å². The Balaban J connectivity index is 2.31. The third kappa shape index (κ3) is 2.20. The van der Waals surface area contributed by atoms with Gasteiger partial charge >= 0.3 is 5.97 Å². The molecule has 6 heteroatoms. The van der Waals surface area contributed by atoms with E-state index < -0.39 is 17.1 Å². The molecular weight excluding hydrogens is 304 g/mol. The Morgan fingerprint density at radius 1 is 1.61 bits per heavy atom. The lowest BCUT2D eigenvalue weighted by Crippen LogP contribution is -2.26. The van der Waals surface area contributed by atoms with Crippen LogP contribution in [0.3, 0.4) is 0 Å². The molecule has 1 aromatic carbocycles. The predicted molar refractivity (Wildman–Crippen MR) is 66.5 cm³/mol. The summed E-state index contributed by atoms with van der Waals surface area (Å²) in [5, 5.41) is 8.21. The molecule has 0 aromatic heterocycles. The summed E-state index contributed by atoms with van der Waals surface area (Å²) in [5.74, 6) is -0.672. The number of Topliss-reactive ketones (excluding diaryl/α,β-unsaturated/α-hetero) is 1. The number of carbonyl (C=O) groups is 2. The summed E-state index contributed by atoms with van der Waals surface area (Å²) >= 11 is 3.09. The fraction of sp³-hybridized carbons (Fsp3) is 0.333. The molecular formula is C12H11BrO5. The van der Waals surface area contributed by atoms with Crippen LogP contribution in [-0.4, -0.2) is 28.0 Å². The molecule has 1 N–H and O–H groups in total. The van der Waals surface area contributed by atoms with Crippen LogP contribution >= 0.6 is 15.9 Å². The predicted octanol–water partition coefficient (Wildman–Crippen LogP) is 2.22. The molecule has 0 saturated carbocycles. The molecule has 0 aliphatic carbocycles. The Morgan fingerprint density at radius 2 is 2.33 bits per heavy atom. The highest BCUT2D eigenvalue weighted by Crippen LogP contribution is 2.39. The molecule has 1 heterocycles. The molecule has 1 aromatic rings. The minimum atomic E-state index is -1.05. The van der Waals surface area contributed by atoms with Crippen molar-refractivity contribution in [1.82, 2.24) is 0 Å². The number of hydrogen-bond acceptors (Lipinski definition) is 4. The van der Waals surface area contributed by atoms with Gasteiger partial charge in [0.05, 0.1) is 5.56 Å². The molecule has 0 bridgehead atoms. The van der Waals surface area contributed by atoms with Crippen molar-refractivity contribution in [3.63, 3.8) is 0 Å². The average Bonchev–Trinajstić information content (AvgIpc) is 2.63. The van der Waals surface area contributed by atoms with Gasteiger partial charge in [-0.2, -0.15) is 0 Å². The van der Waals surface area contributed by atoms with Crippen LogP contribution in [0, 0.1) is 0 Å². The number of ketones is 1. The van der Waals surface area contributed by atoms with E-state index in [1.807, 2.05) is 0 Å². The standard InChI is InChI=1S/C12H11BrO5/c1-2-7(12(15)16)17-8-5-3-4-6-9(14)11(13)18-10(6)8/h3-5,7,11H,2H2,1H3,(H,15,16). The van der Waals surface area contributed by atoms with Gasteiger partial charge in [0.25, 0.3) is 0 Å². The highest BCUT2D eigenvalue weighted by Gasteiger charge is 2.33. The summed E-state index contributed by atoms with van der Waals surface area (Å²) in [6.07, 6.45) is -0.630. The number of carboxylic acids is 1. The molecule has 0 radical (unpaired) electrons. The third-order valence-corrected chi connectivity index (χ3v) is 3.19. The maximum atomic E-state index is 11.7. The highest BCUT2D eigenvalue weighted by atomic mass is 79.9. The maximum Gasteiger partial charge on any atom is 0.344 e. The van der Waals surface area contributed by atoms with Gasteiger partial charge < -0.3 is 14.6 Å². The van der Waals surface area contributed by atoms with Crippen molar-refractivity contribution >= 4 is 27.7 Å². The fourth-order valence-electron chi connectivity index (χ4n) is 1.67. The third-order valence-electron chi connectivity index (χ3n) is 2.59. The minimum Gasteiger partial charge on any atom is -0.479 e. The van der Waals surface area contributed by atoms with E-state index >= 15 is 0 Å². The van der Waals surface area contributed by atoms with Crippen molar-refractivity contribution in [2.45, 2.75) is 24.5 Å². The summed E-state index contributed by atoms with van der Waals surface area (Å²) < 4.78 is 10.7. The van der Waals surface area contributed by atoms with E-state index in [1.54, 1.807) is 25.1 Å². The first kappa shape index (κ1) is 12.9. The Bertz CT molecular complexity index is 499. The monoisotopic (exact) mass is 314 g/mol. The Morgan fingerprint density at radius 3 is 2.94 bits per heavy atom. The van der Waals surface area contributed by atoms with Crippen molar-refractivity contribution < 1.29 is 24.2 Å². The number of benzene rings is 1. The van der Waals surface area contributed by atoms with Gasteiger partial charge in [0.2, 0.25) is 10.8 Å². The SMILES string of the molecule is CCC(Oc1cccc2c1OC(Br)C2=O)C(=O)O. The number of alkyl halides is 1. The van der Waals surface area contributed by atoms with Gasteiger partial charge in [-0.1, -0.05) is 13.0 Å². The molecule has 0 saturated heterocycles. The van der Waals surface area contributed by atoms with Crippen LogP contribution in [0.4, 0.5) is 0 Å². The Labute approximate surface area is 112 Å². The molecule has 0 spiro atoms. The first-order valence-corrected chi connectivity index (χ1v) is 6.33. The van der Waals surface area contributed by atoms with Crippen molar-refractivity contribution in [1.29, 1.82) is 0 Å². The van der Waals surface area contributed by atoms with E-state index in [2.05, 4.69) is 15.9 Å². The van der Waals surface area contributed by atoms with E-state index in [0.717, 1.165) is 0 Å². The lowest BCUT2D eigenvalue weighted by Gasteiger charge is -2.15. The van der Waals surface area contributed by atoms with Gasteiger partial charge in [-0.05, 0) is 34.5 Å². The average molecular weight is 315 g/mol. The smallest absolute Gasteiger partial charge is 0.344 e. The molecule has 2 atom stereocenters. The zero-order valence-electron chi connectivity index (χ0n) is 9.55. The minimum absolute atomic E-state index is 0.196. The quantitative estimate of drug-likeness (QED) is 0.863. The molecule has 5 nitrogen and oxygen atoms in total. The van der Waals surface area contributed by atoms with Gasteiger partial charge in [-0.3, -0.25) is 4.79 Å². The van der Waals surface area contributed by atoms with E-state index in [4.69, 9.17) is 14.6 Å². The highest BCUT2D eigenvalue weighted by molar-refractivity contribution is 9.09. The van der Waals surface area contributed by atoms with Crippen LogP contribution in [0.25, 0.3) is 0 Å². The zero-order valence-corrected chi connectivity index (χ0v) is 11.1. The maximum absolute atomic E-state index is 11.7. The summed E-state index contributed by atoms with van der Waals surface area (Å²) in [6, 6.07) is 4.84. The number of para-hydroxylation sites is 1. The van der Waals surface area contributed by atoms with Crippen LogP contribution in [0.5, 0.6) is 11.5 Å². The van der Waals surface area contributed by atoms with Crippen LogP contribution in [-0.2, 0) is 4.79 Å².